The van der Waals surface area contributed by atoms with E-state index in [0.29, 0.717) is 31.9 Å². The first-order valence-corrected chi connectivity index (χ1v) is 13.4. The van der Waals surface area contributed by atoms with Crippen LogP contribution in [0.25, 0.3) is 0 Å². The highest BCUT2D eigenvalue weighted by atomic mass is 35.5. The van der Waals surface area contributed by atoms with Gasteiger partial charge in [0.2, 0.25) is 0 Å². The van der Waals surface area contributed by atoms with Crippen molar-refractivity contribution in [2.75, 3.05) is 0 Å². The molecular weight excluding hydrogens is 506 g/mol. The predicted octanol–water partition coefficient (Wildman–Crippen LogP) is 9.93. The van der Waals surface area contributed by atoms with Crippen molar-refractivity contribution in [2.45, 2.75) is 76.0 Å². The Morgan fingerprint density at radius 1 is 0.676 bits per heavy atom. The molecule has 6 heteroatoms. The van der Waals surface area contributed by atoms with Gasteiger partial charge in [-0.1, -0.05) is 98.1 Å². The van der Waals surface area contributed by atoms with Gasteiger partial charge in [0.1, 0.15) is 0 Å². The van der Waals surface area contributed by atoms with Gasteiger partial charge >= 0.3 is 0 Å². The molecule has 2 aliphatic carbocycles. The van der Waals surface area contributed by atoms with Gasteiger partial charge in [-0.15, -0.1) is 0 Å². The van der Waals surface area contributed by atoms with Crippen LogP contribution in [0.2, 0.25) is 20.1 Å². The molecule has 0 radical (unpaired) electrons. The topological polar surface area (TPSA) is 47.6 Å². The van der Waals surface area contributed by atoms with Crippen LogP contribution in [0.5, 0.6) is 0 Å². The minimum Gasteiger partial charge on any atom is -0.197 e. The molecule has 4 rings (SSSR count). The molecule has 180 valence electrons. The Labute approximate surface area is 223 Å². The van der Waals surface area contributed by atoms with Crippen LogP contribution >= 0.6 is 46.4 Å². The molecule has 2 aromatic carbocycles. The third-order valence-electron chi connectivity index (χ3n) is 7.37. The van der Waals surface area contributed by atoms with E-state index in [1.807, 2.05) is 24.3 Å². The molecule has 0 amide bonds. The lowest BCUT2D eigenvalue weighted by atomic mass is 9.67. The van der Waals surface area contributed by atoms with Crippen LogP contribution in [0, 0.1) is 34.5 Å². The maximum absolute atomic E-state index is 9.55. The van der Waals surface area contributed by atoms with E-state index in [2.05, 4.69) is 26.0 Å². The highest BCUT2D eigenvalue weighted by Crippen LogP contribution is 2.44. The van der Waals surface area contributed by atoms with E-state index in [9.17, 15) is 10.5 Å². The zero-order chi connectivity index (χ0) is 24.9. The van der Waals surface area contributed by atoms with Gasteiger partial charge in [0.05, 0.1) is 43.1 Å². The highest BCUT2D eigenvalue weighted by Gasteiger charge is 2.38. The van der Waals surface area contributed by atoms with Gasteiger partial charge in [0, 0.05) is 0 Å². The van der Waals surface area contributed by atoms with Crippen molar-refractivity contribution in [3.8, 4) is 12.1 Å². The molecule has 0 N–H and O–H groups in total. The lowest BCUT2D eigenvalue weighted by Crippen LogP contribution is -2.30. The molecule has 0 saturated heterocycles. The van der Waals surface area contributed by atoms with E-state index < -0.39 is 0 Å². The minimum atomic E-state index is -0.369. The summed E-state index contributed by atoms with van der Waals surface area (Å²) in [7, 11) is 0. The second kappa shape index (κ2) is 11.5. The molecule has 0 spiro atoms. The van der Waals surface area contributed by atoms with Gasteiger partial charge in [-0.05, 0) is 72.9 Å². The van der Waals surface area contributed by atoms with E-state index in [-0.39, 0.29) is 10.8 Å². The quantitative estimate of drug-likeness (QED) is 0.384. The Balaban J connectivity index is 0.000000191. The smallest absolute Gasteiger partial charge is 0.0825 e. The Morgan fingerprint density at radius 3 is 1.35 bits per heavy atom. The van der Waals surface area contributed by atoms with Crippen LogP contribution in [-0.2, 0) is 10.8 Å². The summed E-state index contributed by atoms with van der Waals surface area (Å²) in [5, 5.41) is 21.3. The Bertz CT molecular complexity index is 1020. The average Bonchev–Trinajstić information content (AvgIpc) is 2.82. The fourth-order valence-electron chi connectivity index (χ4n) is 5.55. The zero-order valence-corrected chi connectivity index (χ0v) is 22.7. The zero-order valence-electron chi connectivity index (χ0n) is 19.7. The molecule has 2 fully saturated rings. The molecule has 0 aliphatic heterocycles. The molecule has 0 heterocycles. The lowest BCUT2D eigenvalue weighted by molar-refractivity contribution is 0.287. The van der Waals surface area contributed by atoms with E-state index in [1.54, 1.807) is 12.1 Å². The fourth-order valence-corrected chi connectivity index (χ4v) is 6.14. The number of hydrogen-bond acceptors (Lipinski definition) is 2. The van der Waals surface area contributed by atoms with Crippen molar-refractivity contribution in [1.82, 2.24) is 0 Å². The van der Waals surface area contributed by atoms with Crippen molar-refractivity contribution in [2.24, 2.45) is 11.8 Å². The van der Waals surface area contributed by atoms with Crippen LogP contribution < -0.4 is 0 Å². The standard InChI is InChI=1S/2C14H15Cl2N/c2*1-10-3-2-6-14(8-10,9-17)11-4-5-12(15)13(16)7-11/h2*4-5,7,10H,2-3,6,8H2,1H3/t2*10-,14+/m10/s1. The van der Waals surface area contributed by atoms with Crippen molar-refractivity contribution in [1.29, 1.82) is 10.5 Å². The Hall–Kier alpha value is -1.42. The molecule has 4 atom stereocenters. The summed E-state index contributed by atoms with van der Waals surface area (Å²) >= 11 is 23.9. The number of hydrogen-bond donors (Lipinski definition) is 0. The predicted molar refractivity (Wildman–Crippen MR) is 143 cm³/mol. The van der Waals surface area contributed by atoms with Crippen molar-refractivity contribution in [3.63, 3.8) is 0 Å². The molecule has 2 aromatic rings. The Kier molecular flexibility index (Phi) is 9.23. The molecule has 2 saturated carbocycles. The third kappa shape index (κ3) is 6.04. The normalized spacial score (nSPS) is 28.7. The van der Waals surface area contributed by atoms with Crippen LogP contribution in [0.3, 0.4) is 0 Å². The first kappa shape index (κ1) is 27.2. The van der Waals surface area contributed by atoms with Gasteiger partial charge in [-0.3, -0.25) is 0 Å². The molecule has 2 aliphatic rings. The summed E-state index contributed by atoms with van der Waals surface area (Å²) in [5.41, 5.74) is 1.29. The summed E-state index contributed by atoms with van der Waals surface area (Å²) in [6.07, 6.45) is 8.32. The lowest BCUT2D eigenvalue weighted by Gasteiger charge is -2.34. The maximum atomic E-state index is 9.55. The fraction of sp³-hybridized carbons (Fsp3) is 0.500. The van der Waals surface area contributed by atoms with Crippen LogP contribution in [0.15, 0.2) is 36.4 Å². The third-order valence-corrected chi connectivity index (χ3v) is 8.85. The van der Waals surface area contributed by atoms with Crippen molar-refractivity contribution >= 4 is 46.4 Å². The monoisotopic (exact) mass is 534 g/mol. The first-order chi connectivity index (χ1) is 16.1. The molecule has 0 bridgehead atoms. The van der Waals surface area contributed by atoms with E-state index in [1.165, 1.54) is 12.8 Å². The molecular formula is C28H30Cl4N2. The van der Waals surface area contributed by atoms with Gasteiger partial charge < -0.3 is 0 Å². The first-order valence-electron chi connectivity index (χ1n) is 11.9. The summed E-state index contributed by atoms with van der Waals surface area (Å²) in [4.78, 5) is 0. The highest BCUT2D eigenvalue weighted by molar-refractivity contribution is 6.42. The summed E-state index contributed by atoms with van der Waals surface area (Å²) < 4.78 is 0. The van der Waals surface area contributed by atoms with E-state index >= 15 is 0 Å². The number of nitrogens with zero attached hydrogens (tertiary/aromatic N) is 2. The maximum Gasteiger partial charge on any atom is 0.0825 e. The second-order valence-corrected chi connectivity index (χ2v) is 11.7. The largest absolute Gasteiger partial charge is 0.197 e. The second-order valence-electron chi connectivity index (χ2n) is 10.0. The van der Waals surface area contributed by atoms with Gasteiger partial charge in [0.25, 0.3) is 0 Å². The Morgan fingerprint density at radius 2 is 1.06 bits per heavy atom. The molecule has 0 unspecified atom stereocenters. The summed E-state index contributed by atoms with van der Waals surface area (Å²) in [6, 6.07) is 16.2. The van der Waals surface area contributed by atoms with Crippen LogP contribution in [-0.4, -0.2) is 0 Å². The van der Waals surface area contributed by atoms with E-state index in [0.717, 1.165) is 49.7 Å². The molecule has 0 aromatic heterocycles. The van der Waals surface area contributed by atoms with Gasteiger partial charge in [-0.2, -0.15) is 10.5 Å². The summed E-state index contributed by atoms with van der Waals surface area (Å²) in [5.74, 6) is 1.19. The van der Waals surface area contributed by atoms with Crippen LogP contribution in [0.4, 0.5) is 0 Å². The number of benzene rings is 2. The average molecular weight is 536 g/mol. The number of nitriles is 2. The van der Waals surface area contributed by atoms with Crippen molar-refractivity contribution < 1.29 is 0 Å². The number of halogens is 4. The SMILES string of the molecule is C[C@@H]1CCC[C@](C#N)(c2ccc(Cl)c(Cl)c2)C1.C[C@H]1CCC[C@@](C#N)(c2ccc(Cl)c(Cl)c2)C1. The van der Waals surface area contributed by atoms with Gasteiger partial charge in [0.15, 0.2) is 0 Å². The molecule has 34 heavy (non-hydrogen) atoms. The number of rotatable bonds is 2. The van der Waals surface area contributed by atoms with E-state index in [4.69, 9.17) is 46.4 Å². The summed E-state index contributed by atoms with van der Waals surface area (Å²) in [6.45, 7) is 4.42. The van der Waals surface area contributed by atoms with Crippen LogP contribution in [0.1, 0.15) is 76.3 Å². The van der Waals surface area contributed by atoms with Gasteiger partial charge in [-0.25, -0.2) is 0 Å². The molecule has 2 nitrogen and oxygen atoms in total. The van der Waals surface area contributed by atoms with Crippen molar-refractivity contribution in [3.05, 3.63) is 67.6 Å². The minimum absolute atomic E-state index is 0.369.